The van der Waals surface area contributed by atoms with E-state index in [4.69, 9.17) is 0 Å². The first kappa shape index (κ1) is 12.8. The van der Waals surface area contributed by atoms with E-state index in [1.807, 2.05) is 0 Å². The largest absolute Gasteiger partial charge is 0.325 e. The summed E-state index contributed by atoms with van der Waals surface area (Å²) in [5.74, 6) is 0.0344. The van der Waals surface area contributed by atoms with Crippen LogP contribution in [0.4, 0.5) is 5.69 Å². The molecule has 2 rings (SSSR count). The zero-order chi connectivity index (χ0) is 13.0. The maximum Gasteiger partial charge on any atom is 0.241 e. The fourth-order valence-electron chi connectivity index (χ4n) is 2.09. The molecule has 0 bridgehead atoms. The minimum Gasteiger partial charge on any atom is -0.325 e. The third kappa shape index (κ3) is 3.17. The first-order valence-electron chi connectivity index (χ1n) is 6.32. The SMILES string of the molecule is CC(=O)c1ccc(NC(=O)[C@@H]2CCCCN2)cc1. The van der Waals surface area contributed by atoms with Crippen molar-refractivity contribution in [3.8, 4) is 0 Å². The first-order chi connectivity index (χ1) is 8.66. The smallest absolute Gasteiger partial charge is 0.241 e. The predicted octanol–water partition coefficient (Wildman–Crippen LogP) is 1.97. The van der Waals surface area contributed by atoms with E-state index in [1.54, 1.807) is 24.3 Å². The summed E-state index contributed by atoms with van der Waals surface area (Å²) in [4.78, 5) is 23.1. The Hall–Kier alpha value is -1.68. The Morgan fingerprint density at radius 1 is 1.22 bits per heavy atom. The fraction of sp³-hybridized carbons (Fsp3) is 0.429. The zero-order valence-corrected chi connectivity index (χ0v) is 10.5. The van der Waals surface area contributed by atoms with Crippen molar-refractivity contribution in [2.75, 3.05) is 11.9 Å². The molecule has 1 aromatic carbocycles. The number of rotatable bonds is 3. The number of hydrogen-bond acceptors (Lipinski definition) is 3. The zero-order valence-electron chi connectivity index (χ0n) is 10.5. The molecule has 1 heterocycles. The van der Waals surface area contributed by atoms with E-state index >= 15 is 0 Å². The van der Waals surface area contributed by atoms with Crippen LogP contribution in [0.15, 0.2) is 24.3 Å². The number of piperidine rings is 1. The van der Waals surface area contributed by atoms with Crippen molar-refractivity contribution in [1.82, 2.24) is 5.32 Å². The van der Waals surface area contributed by atoms with Gasteiger partial charge in [-0.1, -0.05) is 6.42 Å². The molecule has 0 aliphatic carbocycles. The molecule has 1 aromatic rings. The normalized spacial score (nSPS) is 19.3. The number of nitrogens with one attached hydrogen (secondary N) is 2. The van der Waals surface area contributed by atoms with Gasteiger partial charge in [0.05, 0.1) is 6.04 Å². The highest BCUT2D eigenvalue weighted by molar-refractivity contribution is 5.97. The van der Waals surface area contributed by atoms with E-state index in [2.05, 4.69) is 10.6 Å². The minimum atomic E-state index is -0.0915. The van der Waals surface area contributed by atoms with Gasteiger partial charge in [0.25, 0.3) is 0 Å². The highest BCUT2D eigenvalue weighted by Crippen LogP contribution is 2.13. The van der Waals surface area contributed by atoms with Gasteiger partial charge >= 0.3 is 0 Å². The van der Waals surface area contributed by atoms with Crippen LogP contribution in [0.5, 0.6) is 0 Å². The van der Waals surface area contributed by atoms with E-state index in [9.17, 15) is 9.59 Å². The van der Waals surface area contributed by atoms with Crippen molar-refractivity contribution in [1.29, 1.82) is 0 Å². The van der Waals surface area contributed by atoms with Gasteiger partial charge in [-0.3, -0.25) is 9.59 Å². The summed E-state index contributed by atoms with van der Waals surface area (Å²) in [6.45, 7) is 2.43. The molecule has 0 unspecified atom stereocenters. The van der Waals surface area contributed by atoms with E-state index in [-0.39, 0.29) is 17.7 Å². The van der Waals surface area contributed by atoms with Crippen LogP contribution in [-0.4, -0.2) is 24.3 Å². The van der Waals surface area contributed by atoms with Crippen molar-refractivity contribution in [3.63, 3.8) is 0 Å². The van der Waals surface area contributed by atoms with Crippen LogP contribution in [0.1, 0.15) is 36.5 Å². The third-order valence-electron chi connectivity index (χ3n) is 3.19. The van der Waals surface area contributed by atoms with E-state index in [0.29, 0.717) is 5.56 Å². The second-order valence-corrected chi connectivity index (χ2v) is 4.63. The standard InChI is InChI=1S/C14H18N2O2/c1-10(17)11-5-7-12(8-6-11)16-14(18)13-4-2-3-9-15-13/h5-8,13,15H,2-4,9H2,1H3,(H,16,18)/t13-/m0/s1. The molecule has 2 N–H and O–H groups in total. The number of carbonyl (C=O) groups excluding carboxylic acids is 2. The maximum atomic E-state index is 11.9. The lowest BCUT2D eigenvalue weighted by Crippen LogP contribution is -2.43. The third-order valence-corrected chi connectivity index (χ3v) is 3.19. The quantitative estimate of drug-likeness (QED) is 0.802. The number of hydrogen-bond donors (Lipinski definition) is 2. The number of benzene rings is 1. The van der Waals surface area contributed by atoms with Crippen molar-refractivity contribution in [2.45, 2.75) is 32.2 Å². The second-order valence-electron chi connectivity index (χ2n) is 4.63. The van der Waals surface area contributed by atoms with E-state index in [0.717, 1.165) is 31.5 Å². The van der Waals surface area contributed by atoms with Gasteiger partial charge in [0.1, 0.15) is 0 Å². The van der Waals surface area contributed by atoms with Crippen molar-refractivity contribution in [2.24, 2.45) is 0 Å². The van der Waals surface area contributed by atoms with Gasteiger partial charge in [0, 0.05) is 11.3 Å². The average Bonchev–Trinajstić information content (AvgIpc) is 2.40. The Kier molecular flexibility index (Phi) is 4.10. The van der Waals surface area contributed by atoms with Crippen LogP contribution in [0.2, 0.25) is 0 Å². The van der Waals surface area contributed by atoms with Crippen molar-refractivity contribution < 1.29 is 9.59 Å². The van der Waals surface area contributed by atoms with Gasteiger partial charge in [0.15, 0.2) is 5.78 Å². The van der Waals surface area contributed by atoms with Gasteiger partial charge < -0.3 is 10.6 Å². The molecule has 4 nitrogen and oxygen atoms in total. The molecule has 1 atom stereocenters. The topological polar surface area (TPSA) is 58.2 Å². The Labute approximate surface area is 107 Å². The Balaban J connectivity index is 1.96. The molecule has 0 spiro atoms. The van der Waals surface area contributed by atoms with Gasteiger partial charge in [-0.05, 0) is 50.6 Å². The molecule has 0 aromatic heterocycles. The Morgan fingerprint density at radius 2 is 1.94 bits per heavy atom. The average molecular weight is 246 g/mol. The van der Waals surface area contributed by atoms with Crippen molar-refractivity contribution >= 4 is 17.4 Å². The molecule has 4 heteroatoms. The monoisotopic (exact) mass is 246 g/mol. The lowest BCUT2D eigenvalue weighted by atomic mass is 10.0. The fourth-order valence-corrected chi connectivity index (χ4v) is 2.09. The Bertz CT molecular complexity index is 434. The molecule has 96 valence electrons. The summed E-state index contributed by atoms with van der Waals surface area (Å²) in [5.41, 5.74) is 1.39. The van der Waals surface area contributed by atoms with Crippen LogP contribution in [0.25, 0.3) is 0 Å². The molecule has 1 fully saturated rings. The molecular weight excluding hydrogens is 228 g/mol. The number of anilines is 1. The van der Waals surface area contributed by atoms with Crippen LogP contribution >= 0.6 is 0 Å². The molecule has 18 heavy (non-hydrogen) atoms. The van der Waals surface area contributed by atoms with Gasteiger partial charge in [-0.25, -0.2) is 0 Å². The summed E-state index contributed by atoms with van der Waals surface area (Å²) in [6.07, 6.45) is 3.11. The van der Waals surface area contributed by atoms with Gasteiger partial charge in [0.2, 0.25) is 5.91 Å². The number of Topliss-reactive ketones (excluding diaryl/α,β-unsaturated/α-hetero) is 1. The van der Waals surface area contributed by atoms with Gasteiger partial charge in [-0.15, -0.1) is 0 Å². The van der Waals surface area contributed by atoms with Crippen LogP contribution in [0, 0.1) is 0 Å². The van der Waals surface area contributed by atoms with Crippen LogP contribution in [0.3, 0.4) is 0 Å². The molecular formula is C14H18N2O2. The molecule has 1 amide bonds. The number of ketones is 1. The molecule has 0 saturated carbocycles. The van der Waals surface area contributed by atoms with Crippen LogP contribution < -0.4 is 10.6 Å². The highest BCUT2D eigenvalue weighted by atomic mass is 16.2. The second kappa shape index (κ2) is 5.78. The van der Waals surface area contributed by atoms with Crippen molar-refractivity contribution in [3.05, 3.63) is 29.8 Å². The van der Waals surface area contributed by atoms with E-state index < -0.39 is 0 Å². The maximum absolute atomic E-state index is 11.9. The summed E-state index contributed by atoms with van der Waals surface area (Å²) in [7, 11) is 0. The first-order valence-corrected chi connectivity index (χ1v) is 6.32. The highest BCUT2D eigenvalue weighted by Gasteiger charge is 2.20. The molecule has 0 radical (unpaired) electrons. The van der Waals surface area contributed by atoms with Gasteiger partial charge in [-0.2, -0.15) is 0 Å². The molecule has 1 saturated heterocycles. The molecule has 1 aliphatic rings. The summed E-state index contributed by atoms with van der Waals surface area (Å²) in [5, 5.41) is 6.07. The summed E-state index contributed by atoms with van der Waals surface area (Å²) < 4.78 is 0. The van der Waals surface area contributed by atoms with E-state index in [1.165, 1.54) is 6.92 Å². The summed E-state index contributed by atoms with van der Waals surface area (Å²) in [6, 6.07) is 6.89. The number of carbonyl (C=O) groups is 2. The lowest BCUT2D eigenvalue weighted by molar-refractivity contribution is -0.118. The van der Waals surface area contributed by atoms with Crippen LogP contribution in [-0.2, 0) is 4.79 Å². The number of amides is 1. The lowest BCUT2D eigenvalue weighted by Gasteiger charge is -2.22. The Morgan fingerprint density at radius 3 is 2.50 bits per heavy atom. The molecule has 1 aliphatic heterocycles. The minimum absolute atomic E-state index is 0.00488. The summed E-state index contributed by atoms with van der Waals surface area (Å²) >= 11 is 0. The predicted molar refractivity (Wildman–Crippen MR) is 70.7 cm³/mol.